The van der Waals surface area contributed by atoms with Crippen molar-refractivity contribution >= 4 is 11.8 Å². The van der Waals surface area contributed by atoms with Crippen molar-refractivity contribution in [1.82, 2.24) is 24.7 Å². The molecule has 5 rings (SSSR count). The highest BCUT2D eigenvalue weighted by molar-refractivity contribution is 7.99. The predicted octanol–water partition coefficient (Wildman–Crippen LogP) is 3.55. The van der Waals surface area contributed by atoms with Crippen molar-refractivity contribution in [2.45, 2.75) is 16.4 Å². The molecule has 0 bridgehead atoms. The number of hydrogen-bond donors (Lipinski definition) is 1. The van der Waals surface area contributed by atoms with E-state index in [2.05, 4.69) is 20.1 Å². The number of benzene rings is 1. The molecule has 3 aromatic heterocycles. The van der Waals surface area contributed by atoms with Crippen molar-refractivity contribution < 1.29 is 9.50 Å². The number of fused-ring (bicyclic) bond motifs is 2. The van der Waals surface area contributed by atoms with Gasteiger partial charge in [-0.3, -0.25) is 4.98 Å². The van der Waals surface area contributed by atoms with Gasteiger partial charge in [0.25, 0.3) is 0 Å². The van der Waals surface area contributed by atoms with Crippen LogP contribution in [-0.2, 0) is 0 Å². The molecule has 1 aromatic carbocycles. The smallest absolute Gasteiger partial charge is 0.195 e. The molecule has 0 saturated carbocycles. The number of nitrogens with zero attached hydrogens (tertiary/aromatic N) is 5. The van der Waals surface area contributed by atoms with Crippen molar-refractivity contribution in [2.24, 2.45) is 0 Å². The van der Waals surface area contributed by atoms with Gasteiger partial charge in [-0.1, -0.05) is 12.1 Å². The Labute approximate surface area is 157 Å². The lowest BCUT2D eigenvalue weighted by molar-refractivity contribution is 0.115. The topological polar surface area (TPSA) is 76.7 Å². The Hall–Kier alpha value is -3.10. The monoisotopic (exact) mass is 377 g/mol. The van der Waals surface area contributed by atoms with Crippen LogP contribution in [0.25, 0.3) is 22.5 Å². The Morgan fingerprint density at radius 3 is 2.56 bits per heavy atom. The van der Waals surface area contributed by atoms with E-state index < -0.39 is 6.23 Å². The molecule has 0 radical (unpaired) electrons. The molecule has 0 spiro atoms. The van der Waals surface area contributed by atoms with Gasteiger partial charge in [-0.2, -0.15) is 0 Å². The number of rotatable bonds is 2. The highest BCUT2D eigenvalue weighted by atomic mass is 32.2. The quantitative estimate of drug-likeness (QED) is 0.576. The van der Waals surface area contributed by atoms with Crippen LogP contribution in [0, 0.1) is 5.82 Å². The van der Waals surface area contributed by atoms with Crippen LogP contribution >= 0.6 is 11.8 Å². The highest BCUT2D eigenvalue weighted by Crippen LogP contribution is 2.40. The fraction of sp³-hybridized carbons (Fsp3) is 0.0526. The molecule has 8 heteroatoms. The SMILES string of the molecule is OC1c2cc(-c3ccc(F)cc3)cnc2Sc2nc(-c3ccncc3)nn21. The van der Waals surface area contributed by atoms with Crippen LogP contribution in [0.15, 0.2) is 71.2 Å². The lowest BCUT2D eigenvalue weighted by atomic mass is 10.1. The van der Waals surface area contributed by atoms with Crippen LogP contribution in [-0.4, -0.2) is 29.8 Å². The van der Waals surface area contributed by atoms with Crippen LogP contribution in [0.3, 0.4) is 0 Å². The fourth-order valence-corrected chi connectivity index (χ4v) is 3.85. The molecule has 0 amide bonds. The summed E-state index contributed by atoms with van der Waals surface area (Å²) in [5.41, 5.74) is 3.08. The van der Waals surface area contributed by atoms with E-state index in [1.807, 2.05) is 18.2 Å². The van der Waals surface area contributed by atoms with E-state index in [0.29, 0.717) is 21.6 Å². The molecule has 1 aliphatic heterocycles. The molecule has 132 valence electrons. The molecule has 0 fully saturated rings. The Balaban J connectivity index is 1.55. The maximum Gasteiger partial charge on any atom is 0.195 e. The standard InChI is InChI=1S/C19H12FN5OS/c20-14-3-1-11(2-4-14)13-9-15-17(22-10-13)27-19-23-16(24-25(19)18(15)26)12-5-7-21-8-6-12/h1-10,18,26H. The van der Waals surface area contributed by atoms with Gasteiger partial charge in [-0.25, -0.2) is 19.0 Å². The van der Waals surface area contributed by atoms with Crippen molar-refractivity contribution in [2.75, 3.05) is 0 Å². The Morgan fingerprint density at radius 1 is 1.00 bits per heavy atom. The van der Waals surface area contributed by atoms with Crippen molar-refractivity contribution in [1.29, 1.82) is 0 Å². The molecule has 1 aliphatic rings. The predicted molar refractivity (Wildman–Crippen MR) is 97.4 cm³/mol. The van der Waals surface area contributed by atoms with Gasteiger partial charge in [0, 0.05) is 35.3 Å². The van der Waals surface area contributed by atoms with Gasteiger partial charge >= 0.3 is 0 Å². The molecule has 1 atom stereocenters. The first-order valence-electron chi connectivity index (χ1n) is 8.18. The van der Waals surface area contributed by atoms with Crippen molar-refractivity contribution in [3.05, 3.63) is 72.4 Å². The van der Waals surface area contributed by atoms with Crippen LogP contribution in [0.2, 0.25) is 0 Å². The maximum absolute atomic E-state index is 13.2. The van der Waals surface area contributed by atoms with Gasteiger partial charge in [-0.05, 0) is 47.7 Å². The summed E-state index contributed by atoms with van der Waals surface area (Å²) < 4.78 is 14.6. The third-order valence-electron chi connectivity index (χ3n) is 4.29. The molecular formula is C19H12FN5OS. The third kappa shape index (κ3) is 2.79. The third-order valence-corrected chi connectivity index (χ3v) is 5.29. The van der Waals surface area contributed by atoms with E-state index in [9.17, 15) is 9.50 Å². The summed E-state index contributed by atoms with van der Waals surface area (Å²) in [6.07, 6.45) is 4.06. The normalized spacial score (nSPS) is 15.3. The summed E-state index contributed by atoms with van der Waals surface area (Å²) in [6.45, 7) is 0. The number of aromatic nitrogens is 5. The van der Waals surface area contributed by atoms with Gasteiger partial charge < -0.3 is 5.11 Å². The molecule has 27 heavy (non-hydrogen) atoms. The van der Waals surface area contributed by atoms with E-state index in [-0.39, 0.29) is 5.82 Å². The van der Waals surface area contributed by atoms with Gasteiger partial charge in [0.05, 0.1) is 0 Å². The van der Waals surface area contributed by atoms with E-state index >= 15 is 0 Å². The van der Waals surface area contributed by atoms with Crippen molar-refractivity contribution in [3.63, 3.8) is 0 Å². The largest absolute Gasteiger partial charge is 0.368 e. The minimum Gasteiger partial charge on any atom is -0.368 e. The summed E-state index contributed by atoms with van der Waals surface area (Å²) >= 11 is 1.35. The zero-order valence-electron chi connectivity index (χ0n) is 13.8. The average molecular weight is 377 g/mol. The average Bonchev–Trinajstić information content (AvgIpc) is 3.14. The Morgan fingerprint density at radius 2 is 1.78 bits per heavy atom. The molecule has 6 nitrogen and oxygen atoms in total. The Kier molecular flexibility index (Phi) is 3.73. The summed E-state index contributed by atoms with van der Waals surface area (Å²) in [4.78, 5) is 13.0. The molecule has 4 heterocycles. The van der Waals surface area contributed by atoms with Gasteiger partial charge in [0.15, 0.2) is 17.2 Å². The second-order valence-corrected chi connectivity index (χ2v) is 6.96. The molecule has 0 saturated heterocycles. The molecular weight excluding hydrogens is 365 g/mol. The van der Waals surface area contributed by atoms with Gasteiger partial charge in [0.2, 0.25) is 0 Å². The zero-order valence-corrected chi connectivity index (χ0v) is 14.6. The second kappa shape index (κ2) is 6.26. The number of aliphatic hydroxyl groups is 1. The van der Waals surface area contributed by atoms with Gasteiger partial charge in [-0.15, -0.1) is 5.10 Å². The fourth-order valence-electron chi connectivity index (χ4n) is 2.92. The van der Waals surface area contributed by atoms with Crippen LogP contribution in [0.4, 0.5) is 4.39 Å². The molecule has 4 aromatic rings. The number of hydrogen-bond acceptors (Lipinski definition) is 6. The Bertz CT molecular complexity index is 1130. The van der Waals surface area contributed by atoms with Crippen LogP contribution in [0.5, 0.6) is 0 Å². The number of halogens is 1. The summed E-state index contributed by atoms with van der Waals surface area (Å²) in [5.74, 6) is 0.224. The van der Waals surface area contributed by atoms with E-state index in [1.165, 1.54) is 28.6 Å². The van der Waals surface area contributed by atoms with E-state index in [0.717, 1.165) is 16.7 Å². The minimum atomic E-state index is -0.993. The van der Waals surface area contributed by atoms with E-state index in [4.69, 9.17) is 0 Å². The number of pyridine rings is 2. The number of aliphatic hydroxyl groups excluding tert-OH is 1. The van der Waals surface area contributed by atoms with E-state index in [1.54, 1.807) is 30.7 Å². The molecule has 0 aliphatic carbocycles. The minimum absolute atomic E-state index is 0.295. The molecule has 1 unspecified atom stereocenters. The van der Waals surface area contributed by atoms with Crippen LogP contribution in [0.1, 0.15) is 11.8 Å². The zero-order chi connectivity index (χ0) is 18.4. The highest BCUT2D eigenvalue weighted by Gasteiger charge is 2.29. The van der Waals surface area contributed by atoms with Crippen molar-refractivity contribution in [3.8, 4) is 22.5 Å². The van der Waals surface area contributed by atoms with Gasteiger partial charge in [0.1, 0.15) is 10.8 Å². The summed E-state index contributed by atoms with van der Waals surface area (Å²) in [6, 6.07) is 11.6. The summed E-state index contributed by atoms with van der Waals surface area (Å²) in [5, 5.41) is 16.5. The lowest BCUT2D eigenvalue weighted by Gasteiger charge is -2.21. The first-order valence-corrected chi connectivity index (χ1v) is 8.99. The molecule has 1 N–H and O–H groups in total. The second-order valence-electron chi connectivity index (χ2n) is 6.00. The first kappa shape index (κ1) is 16.1. The van der Waals surface area contributed by atoms with Crippen LogP contribution < -0.4 is 0 Å². The maximum atomic E-state index is 13.2. The lowest BCUT2D eigenvalue weighted by Crippen LogP contribution is -2.18. The first-order chi connectivity index (χ1) is 13.2. The summed E-state index contributed by atoms with van der Waals surface area (Å²) in [7, 11) is 0.